The summed E-state index contributed by atoms with van der Waals surface area (Å²) in [6, 6.07) is 8.26. The highest BCUT2D eigenvalue weighted by Gasteiger charge is 2.32. The molecule has 4 amide bonds. The zero-order valence-corrected chi connectivity index (χ0v) is 22.1. The van der Waals surface area contributed by atoms with Crippen molar-refractivity contribution in [1.82, 2.24) is 15.2 Å². The number of nitrogens with zero attached hydrogens (tertiary/aromatic N) is 3. The van der Waals surface area contributed by atoms with E-state index >= 15 is 0 Å². The molecule has 3 heterocycles. The molecule has 0 saturated carbocycles. The van der Waals surface area contributed by atoms with Crippen LogP contribution in [-0.4, -0.2) is 79.1 Å². The van der Waals surface area contributed by atoms with E-state index in [0.717, 1.165) is 12.8 Å². The lowest BCUT2D eigenvalue weighted by molar-refractivity contribution is -0.134. The average Bonchev–Trinajstić information content (AvgIpc) is 2.89. The number of hydrogen-bond donors (Lipinski definition) is 2. The summed E-state index contributed by atoms with van der Waals surface area (Å²) in [5.74, 6) is -1.81. The normalized spacial score (nSPS) is 18.0. The highest BCUT2D eigenvalue weighted by atomic mass is 35.5. The number of carbonyl (C=O) groups is 4. The third kappa shape index (κ3) is 7.07. The lowest BCUT2D eigenvalue weighted by atomic mass is 10.1. The molecule has 0 radical (unpaired) electrons. The number of hydrogen-bond acceptors (Lipinski definition) is 7. The summed E-state index contributed by atoms with van der Waals surface area (Å²) in [6.45, 7) is 0.572. The van der Waals surface area contributed by atoms with E-state index in [2.05, 4.69) is 15.6 Å². The standard InChI is InChI=1S/C25H28ClN5O6S/c26-18-6-9-21(27-16-18)29-22(32)15-20(25(35)30-11-13-38(36,37)14-12-30)28-24(34)17-4-7-19(8-5-17)31-10-2-1-3-23(31)33/h4-9,16,20H,1-3,10-15H2,(H,28,34)(H,27,29,32). The SMILES string of the molecule is O=C(CC(NC(=O)c1ccc(N2CCCCC2=O)cc1)C(=O)N1CCS(=O)(=O)CC1)Nc1ccc(Cl)cn1. The van der Waals surface area contributed by atoms with Gasteiger partial charge in [-0.2, -0.15) is 0 Å². The molecule has 1 unspecified atom stereocenters. The van der Waals surface area contributed by atoms with Gasteiger partial charge in [-0.1, -0.05) is 11.6 Å². The number of benzene rings is 1. The molecule has 2 aromatic rings. The second kappa shape index (κ2) is 11.9. The zero-order chi connectivity index (χ0) is 27.3. The van der Waals surface area contributed by atoms with Crippen molar-refractivity contribution in [3.05, 3.63) is 53.2 Å². The van der Waals surface area contributed by atoms with Crippen LogP contribution in [0.1, 0.15) is 36.0 Å². The van der Waals surface area contributed by atoms with Crippen LogP contribution < -0.4 is 15.5 Å². The monoisotopic (exact) mass is 561 g/mol. The second-order valence-corrected chi connectivity index (χ2v) is 11.9. The Labute approximate surface area is 225 Å². The van der Waals surface area contributed by atoms with Crippen molar-refractivity contribution in [1.29, 1.82) is 0 Å². The first kappa shape index (κ1) is 27.5. The summed E-state index contributed by atoms with van der Waals surface area (Å²) in [4.78, 5) is 58.3. The molecule has 0 bridgehead atoms. The van der Waals surface area contributed by atoms with Gasteiger partial charge in [-0.15, -0.1) is 0 Å². The lowest BCUT2D eigenvalue weighted by Crippen LogP contribution is -2.53. The summed E-state index contributed by atoms with van der Waals surface area (Å²) in [7, 11) is -3.23. The van der Waals surface area contributed by atoms with Gasteiger partial charge in [-0.05, 0) is 49.2 Å². The van der Waals surface area contributed by atoms with E-state index in [4.69, 9.17) is 11.6 Å². The first-order chi connectivity index (χ1) is 18.1. The Morgan fingerprint density at radius 3 is 2.34 bits per heavy atom. The van der Waals surface area contributed by atoms with E-state index in [-0.39, 0.29) is 41.9 Å². The molecule has 13 heteroatoms. The number of sulfone groups is 1. The van der Waals surface area contributed by atoms with Gasteiger partial charge in [0, 0.05) is 43.5 Å². The molecule has 2 fully saturated rings. The van der Waals surface area contributed by atoms with Crippen molar-refractivity contribution in [3.8, 4) is 0 Å². The number of pyridine rings is 1. The predicted molar refractivity (Wildman–Crippen MR) is 142 cm³/mol. The molecule has 0 aliphatic carbocycles. The number of piperidine rings is 1. The van der Waals surface area contributed by atoms with Gasteiger partial charge in [-0.25, -0.2) is 13.4 Å². The molecule has 38 heavy (non-hydrogen) atoms. The van der Waals surface area contributed by atoms with Crippen LogP contribution in [0.3, 0.4) is 0 Å². The van der Waals surface area contributed by atoms with Crippen LogP contribution in [0.2, 0.25) is 5.02 Å². The Kier molecular flexibility index (Phi) is 8.62. The van der Waals surface area contributed by atoms with Crippen molar-refractivity contribution in [2.75, 3.05) is 41.4 Å². The van der Waals surface area contributed by atoms with Crippen LogP contribution >= 0.6 is 11.6 Å². The number of halogens is 1. The Bertz CT molecular complexity index is 1300. The molecule has 1 aromatic heterocycles. The molecule has 2 aliphatic rings. The maximum absolute atomic E-state index is 13.3. The summed E-state index contributed by atoms with van der Waals surface area (Å²) < 4.78 is 23.6. The molecular formula is C25H28ClN5O6S. The number of nitrogens with one attached hydrogen (secondary N) is 2. The molecular weight excluding hydrogens is 534 g/mol. The number of carbonyl (C=O) groups excluding carboxylic acids is 4. The number of anilines is 2. The molecule has 2 saturated heterocycles. The highest BCUT2D eigenvalue weighted by Crippen LogP contribution is 2.21. The van der Waals surface area contributed by atoms with Crippen molar-refractivity contribution in [2.45, 2.75) is 31.7 Å². The third-order valence-corrected chi connectivity index (χ3v) is 8.24. The minimum absolute atomic E-state index is 0.0214. The van der Waals surface area contributed by atoms with Crippen molar-refractivity contribution >= 4 is 56.6 Å². The largest absolute Gasteiger partial charge is 0.340 e. The maximum Gasteiger partial charge on any atom is 0.251 e. The van der Waals surface area contributed by atoms with Gasteiger partial charge in [0.15, 0.2) is 9.84 Å². The first-order valence-electron chi connectivity index (χ1n) is 12.2. The van der Waals surface area contributed by atoms with Crippen LogP contribution in [0.25, 0.3) is 0 Å². The van der Waals surface area contributed by atoms with Crippen LogP contribution in [-0.2, 0) is 24.2 Å². The predicted octanol–water partition coefficient (Wildman–Crippen LogP) is 1.64. The van der Waals surface area contributed by atoms with Gasteiger partial charge in [0.05, 0.1) is 22.9 Å². The number of rotatable bonds is 7. The van der Waals surface area contributed by atoms with E-state index in [1.807, 2.05) is 0 Å². The molecule has 1 atom stereocenters. The topological polar surface area (TPSA) is 146 Å². The second-order valence-electron chi connectivity index (χ2n) is 9.17. The van der Waals surface area contributed by atoms with Gasteiger partial charge in [-0.3, -0.25) is 19.2 Å². The van der Waals surface area contributed by atoms with Gasteiger partial charge in [0.1, 0.15) is 11.9 Å². The third-order valence-electron chi connectivity index (χ3n) is 6.41. The molecule has 11 nitrogen and oxygen atoms in total. The van der Waals surface area contributed by atoms with Gasteiger partial charge in [0.25, 0.3) is 5.91 Å². The Morgan fingerprint density at radius 1 is 1.00 bits per heavy atom. The molecule has 1 aromatic carbocycles. The van der Waals surface area contributed by atoms with Crippen molar-refractivity contribution in [2.24, 2.45) is 0 Å². The van der Waals surface area contributed by atoms with Crippen LogP contribution in [0.15, 0.2) is 42.6 Å². The number of aromatic nitrogens is 1. The Morgan fingerprint density at radius 2 is 1.71 bits per heavy atom. The molecule has 0 spiro atoms. The molecule has 2 aliphatic heterocycles. The minimum Gasteiger partial charge on any atom is -0.340 e. The summed E-state index contributed by atoms with van der Waals surface area (Å²) >= 11 is 5.82. The average molecular weight is 562 g/mol. The highest BCUT2D eigenvalue weighted by molar-refractivity contribution is 7.91. The van der Waals surface area contributed by atoms with Crippen LogP contribution in [0.5, 0.6) is 0 Å². The fraction of sp³-hybridized carbons (Fsp3) is 0.400. The van der Waals surface area contributed by atoms with E-state index in [1.165, 1.54) is 17.2 Å². The van der Waals surface area contributed by atoms with Crippen molar-refractivity contribution in [3.63, 3.8) is 0 Å². The first-order valence-corrected chi connectivity index (χ1v) is 14.4. The lowest BCUT2D eigenvalue weighted by Gasteiger charge is -2.30. The van der Waals surface area contributed by atoms with Crippen LogP contribution in [0, 0.1) is 0 Å². The molecule has 202 valence electrons. The van der Waals surface area contributed by atoms with Crippen molar-refractivity contribution < 1.29 is 27.6 Å². The fourth-order valence-electron chi connectivity index (χ4n) is 4.30. The van der Waals surface area contributed by atoms with E-state index in [1.54, 1.807) is 35.2 Å². The maximum atomic E-state index is 13.3. The molecule has 2 N–H and O–H groups in total. The van der Waals surface area contributed by atoms with Gasteiger partial charge >= 0.3 is 0 Å². The quantitative estimate of drug-likeness (QED) is 0.522. The summed E-state index contributed by atoms with van der Waals surface area (Å²) in [5, 5.41) is 5.58. The smallest absolute Gasteiger partial charge is 0.251 e. The van der Waals surface area contributed by atoms with E-state index < -0.39 is 40.0 Å². The van der Waals surface area contributed by atoms with E-state index in [0.29, 0.717) is 23.7 Å². The Balaban J connectivity index is 1.47. The Hall–Kier alpha value is -3.51. The minimum atomic E-state index is -3.23. The zero-order valence-electron chi connectivity index (χ0n) is 20.6. The summed E-state index contributed by atoms with van der Waals surface area (Å²) in [6.07, 6.45) is 3.21. The van der Waals surface area contributed by atoms with E-state index in [9.17, 15) is 27.6 Å². The summed E-state index contributed by atoms with van der Waals surface area (Å²) in [5.41, 5.74) is 0.931. The van der Waals surface area contributed by atoms with Gasteiger partial charge < -0.3 is 20.4 Å². The fourth-order valence-corrected chi connectivity index (χ4v) is 5.61. The number of amides is 4. The van der Waals surface area contributed by atoms with Gasteiger partial charge in [0.2, 0.25) is 17.7 Å². The van der Waals surface area contributed by atoms with Crippen LogP contribution in [0.4, 0.5) is 11.5 Å². The molecule has 4 rings (SSSR count).